The first kappa shape index (κ1) is 18.5. The summed E-state index contributed by atoms with van der Waals surface area (Å²) < 4.78 is 18.4. The molecule has 2 aromatic carbocycles. The van der Waals surface area contributed by atoms with Crippen molar-refractivity contribution in [2.75, 3.05) is 19.7 Å². The number of piperidine rings is 1. The van der Waals surface area contributed by atoms with E-state index in [2.05, 4.69) is 4.98 Å². The summed E-state index contributed by atoms with van der Waals surface area (Å²) in [5, 5.41) is 0. The molecule has 1 aromatic heterocycles. The number of ether oxygens (including phenoxy) is 1. The van der Waals surface area contributed by atoms with Crippen LogP contribution in [0.1, 0.15) is 37.4 Å². The summed E-state index contributed by atoms with van der Waals surface area (Å²) in [7, 11) is 0. The summed E-state index contributed by atoms with van der Waals surface area (Å²) in [6.07, 6.45) is 2.98. The first-order valence-electron chi connectivity index (χ1n) is 9.80. The molecule has 1 N–H and O–H groups in total. The maximum Gasteiger partial charge on any atom is 0.222 e. The molecule has 28 heavy (non-hydrogen) atoms. The summed E-state index contributed by atoms with van der Waals surface area (Å²) in [6, 6.07) is 14.0. The number of para-hydroxylation sites is 2. The topological polar surface area (TPSA) is 58.2 Å². The number of carbonyl (C=O) groups is 1. The predicted molar refractivity (Wildman–Crippen MR) is 106 cm³/mol. The highest BCUT2D eigenvalue weighted by molar-refractivity contribution is 5.76. The number of rotatable bonds is 6. The normalized spacial score (nSPS) is 15.1. The van der Waals surface area contributed by atoms with Crippen molar-refractivity contribution >= 4 is 16.9 Å². The van der Waals surface area contributed by atoms with Gasteiger partial charge >= 0.3 is 0 Å². The third kappa shape index (κ3) is 4.32. The number of H-pyrrole nitrogens is 1. The van der Waals surface area contributed by atoms with Gasteiger partial charge in [0.1, 0.15) is 17.4 Å². The molecule has 1 amide bonds. The zero-order valence-corrected chi connectivity index (χ0v) is 15.7. The van der Waals surface area contributed by atoms with E-state index in [1.165, 1.54) is 12.1 Å². The van der Waals surface area contributed by atoms with Crippen LogP contribution in [0.25, 0.3) is 11.0 Å². The highest BCUT2D eigenvalue weighted by Crippen LogP contribution is 2.28. The lowest BCUT2D eigenvalue weighted by Gasteiger charge is -2.31. The van der Waals surface area contributed by atoms with E-state index >= 15 is 0 Å². The molecule has 0 saturated carbocycles. The third-order valence-electron chi connectivity index (χ3n) is 5.26. The fourth-order valence-electron chi connectivity index (χ4n) is 3.67. The van der Waals surface area contributed by atoms with Crippen LogP contribution in [0, 0.1) is 5.82 Å². The molecule has 2 heterocycles. The number of fused-ring (bicyclic) bond motifs is 1. The van der Waals surface area contributed by atoms with Gasteiger partial charge in [0.25, 0.3) is 0 Å². The molecule has 0 spiro atoms. The average Bonchev–Trinajstić information content (AvgIpc) is 3.17. The standard InChI is InChI=1S/C22H24FN3O2/c23-17-7-9-18(10-8-17)28-15-3-6-21(27)26-13-11-16(12-14-26)22-24-19-4-1-2-5-20(19)25-22/h1-2,4-5,7-10,16H,3,6,11-15H2,(H,24,25). The van der Waals surface area contributed by atoms with Crippen molar-refractivity contribution in [2.45, 2.75) is 31.6 Å². The van der Waals surface area contributed by atoms with Gasteiger partial charge < -0.3 is 14.6 Å². The van der Waals surface area contributed by atoms with Crippen molar-refractivity contribution in [2.24, 2.45) is 0 Å². The van der Waals surface area contributed by atoms with Crippen molar-refractivity contribution in [1.29, 1.82) is 0 Å². The van der Waals surface area contributed by atoms with Crippen LogP contribution in [0.5, 0.6) is 5.75 Å². The molecule has 1 aliphatic rings. The van der Waals surface area contributed by atoms with Gasteiger partial charge in [-0.05, 0) is 55.7 Å². The molecule has 6 heteroatoms. The lowest BCUT2D eigenvalue weighted by Crippen LogP contribution is -2.38. The first-order chi connectivity index (χ1) is 13.7. The molecule has 5 nitrogen and oxygen atoms in total. The van der Waals surface area contributed by atoms with Crippen molar-refractivity contribution in [1.82, 2.24) is 14.9 Å². The Morgan fingerprint density at radius 2 is 1.89 bits per heavy atom. The van der Waals surface area contributed by atoms with Crippen molar-refractivity contribution < 1.29 is 13.9 Å². The minimum atomic E-state index is -0.284. The Labute approximate surface area is 163 Å². The van der Waals surface area contributed by atoms with Gasteiger partial charge in [-0.25, -0.2) is 9.37 Å². The highest BCUT2D eigenvalue weighted by Gasteiger charge is 2.25. The molecule has 1 fully saturated rings. The molecule has 0 atom stereocenters. The van der Waals surface area contributed by atoms with Gasteiger partial charge in [0.2, 0.25) is 5.91 Å². The molecule has 0 unspecified atom stereocenters. The Balaban J connectivity index is 1.21. The van der Waals surface area contributed by atoms with Crippen LogP contribution in [-0.2, 0) is 4.79 Å². The fraction of sp³-hybridized carbons (Fsp3) is 0.364. The third-order valence-corrected chi connectivity index (χ3v) is 5.26. The Bertz CT molecular complexity index is 897. The van der Waals surface area contributed by atoms with E-state index in [-0.39, 0.29) is 11.7 Å². The fourth-order valence-corrected chi connectivity index (χ4v) is 3.67. The number of imidazole rings is 1. The van der Waals surface area contributed by atoms with Crippen LogP contribution in [-0.4, -0.2) is 40.5 Å². The minimum Gasteiger partial charge on any atom is -0.494 e. The maximum absolute atomic E-state index is 12.9. The van der Waals surface area contributed by atoms with E-state index < -0.39 is 0 Å². The van der Waals surface area contributed by atoms with E-state index in [0.29, 0.717) is 31.1 Å². The maximum atomic E-state index is 12.9. The number of hydrogen-bond acceptors (Lipinski definition) is 3. The molecular weight excluding hydrogens is 357 g/mol. The number of benzene rings is 2. The number of amides is 1. The number of halogens is 1. The number of nitrogens with zero attached hydrogens (tertiary/aromatic N) is 2. The molecule has 0 radical (unpaired) electrons. The Hall–Kier alpha value is -2.89. The summed E-state index contributed by atoms with van der Waals surface area (Å²) in [5.74, 6) is 1.92. The number of carbonyl (C=O) groups excluding carboxylic acids is 1. The lowest BCUT2D eigenvalue weighted by molar-refractivity contribution is -0.132. The molecular formula is C22H24FN3O2. The second-order valence-corrected chi connectivity index (χ2v) is 7.20. The Morgan fingerprint density at radius 3 is 2.64 bits per heavy atom. The monoisotopic (exact) mass is 381 g/mol. The summed E-state index contributed by atoms with van der Waals surface area (Å²) >= 11 is 0. The number of aromatic nitrogens is 2. The van der Waals surface area contributed by atoms with Crippen LogP contribution in [0.15, 0.2) is 48.5 Å². The van der Waals surface area contributed by atoms with E-state index in [1.54, 1.807) is 12.1 Å². The van der Waals surface area contributed by atoms with Crippen molar-refractivity contribution in [3.05, 3.63) is 60.2 Å². The number of hydrogen-bond donors (Lipinski definition) is 1. The van der Waals surface area contributed by atoms with Gasteiger partial charge in [0.15, 0.2) is 0 Å². The number of aromatic amines is 1. The van der Waals surface area contributed by atoms with Crippen molar-refractivity contribution in [3.8, 4) is 5.75 Å². The SMILES string of the molecule is O=C(CCCOc1ccc(F)cc1)N1CCC(c2nc3ccccc3[nH]2)CC1. The first-order valence-corrected chi connectivity index (χ1v) is 9.80. The summed E-state index contributed by atoms with van der Waals surface area (Å²) in [5.41, 5.74) is 2.06. The van der Waals surface area contributed by atoms with Gasteiger partial charge in [0.05, 0.1) is 17.6 Å². The smallest absolute Gasteiger partial charge is 0.222 e. The van der Waals surface area contributed by atoms with Gasteiger partial charge in [0, 0.05) is 25.4 Å². The highest BCUT2D eigenvalue weighted by atomic mass is 19.1. The molecule has 1 aliphatic heterocycles. The van der Waals surface area contributed by atoms with E-state index in [4.69, 9.17) is 9.72 Å². The zero-order valence-electron chi connectivity index (χ0n) is 15.7. The van der Waals surface area contributed by atoms with Crippen LogP contribution < -0.4 is 4.74 Å². The van der Waals surface area contributed by atoms with E-state index in [1.807, 2.05) is 29.2 Å². The Morgan fingerprint density at radius 1 is 1.14 bits per heavy atom. The number of nitrogens with one attached hydrogen (secondary N) is 1. The van der Waals surface area contributed by atoms with Crippen LogP contribution in [0.3, 0.4) is 0 Å². The van der Waals surface area contributed by atoms with Gasteiger partial charge in [-0.2, -0.15) is 0 Å². The summed E-state index contributed by atoms with van der Waals surface area (Å²) in [6.45, 7) is 1.98. The predicted octanol–water partition coefficient (Wildman–Crippen LogP) is 4.27. The van der Waals surface area contributed by atoms with Crippen LogP contribution in [0.4, 0.5) is 4.39 Å². The average molecular weight is 381 g/mol. The van der Waals surface area contributed by atoms with Crippen molar-refractivity contribution in [3.63, 3.8) is 0 Å². The lowest BCUT2D eigenvalue weighted by atomic mass is 9.96. The van der Waals surface area contributed by atoms with Gasteiger partial charge in [-0.15, -0.1) is 0 Å². The molecule has 0 aliphatic carbocycles. The van der Waals surface area contributed by atoms with Gasteiger partial charge in [-0.1, -0.05) is 12.1 Å². The van der Waals surface area contributed by atoms with Crippen LogP contribution >= 0.6 is 0 Å². The molecule has 1 saturated heterocycles. The summed E-state index contributed by atoms with van der Waals surface area (Å²) in [4.78, 5) is 22.5. The molecule has 4 rings (SSSR count). The number of likely N-dealkylation sites (tertiary alicyclic amines) is 1. The molecule has 0 bridgehead atoms. The Kier molecular flexibility index (Phi) is 5.55. The second kappa shape index (κ2) is 8.42. The van der Waals surface area contributed by atoms with E-state index in [9.17, 15) is 9.18 Å². The molecule has 3 aromatic rings. The zero-order chi connectivity index (χ0) is 19.3. The van der Waals surface area contributed by atoms with E-state index in [0.717, 1.165) is 42.8 Å². The van der Waals surface area contributed by atoms with Gasteiger partial charge in [-0.3, -0.25) is 4.79 Å². The quantitative estimate of drug-likeness (QED) is 0.649. The minimum absolute atomic E-state index is 0.172. The largest absolute Gasteiger partial charge is 0.494 e. The molecule has 146 valence electrons. The second-order valence-electron chi connectivity index (χ2n) is 7.20. The van der Waals surface area contributed by atoms with Crippen LogP contribution in [0.2, 0.25) is 0 Å².